The standard InChI is InChI=1S/C22H15F8N3O/c1-2-17-20(19-15(24)8-12(34)9-16(19)25)33(18(10-31)32-17)6-5-11-3-4-14(23)13(7-11)21(26,27)22(28,29)30/h3-10,31,34H,2H2,1H3/b6-5+,31-10?. The summed E-state index contributed by atoms with van der Waals surface area (Å²) < 4.78 is 109. The Morgan fingerprint density at radius 2 is 1.62 bits per heavy atom. The Morgan fingerprint density at radius 3 is 2.15 bits per heavy atom. The minimum atomic E-state index is -6.04. The van der Waals surface area contributed by atoms with Crippen molar-refractivity contribution in [1.82, 2.24) is 9.55 Å². The third-order valence-electron chi connectivity index (χ3n) is 4.84. The molecule has 4 nitrogen and oxygen atoms in total. The minimum absolute atomic E-state index is 0.134. The summed E-state index contributed by atoms with van der Waals surface area (Å²) in [4.78, 5) is 4.09. The lowest BCUT2D eigenvalue weighted by atomic mass is 10.0. The van der Waals surface area contributed by atoms with E-state index in [0.29, 0.717) is 24.3 Å². The second-order valence-electron chi connectivity index (χ2n) is 7.04. The van der Waals surface area contributed by atoms with Crippen LogP contribution < -0.4 is 0 Å². The first-order valence-electron chi connectivity index (χ1n) is 9.54. The van der Waals surface area contributed by atoms with E-state index in [0.717, 1.165) is 29.1 Å². The van der Waals surface area contributed by atoms with Crippen LogP contribution in [-0.2, 0) is 12.3 Å². The lowest BCUT2D eigenvalue weighted by Gasteiger charge is -2.20. The Bertz CT molecular complexity index is 1250. The molecule has 0 spiro atoms. The fraction of sp³-hybridized carbons (Fsp3) is 0.182. The highest BCUT2D eigenvalue weighted by Crippen LogP contribution is 2.45. The van der Waals surface area contributed by atoms with Crippen molar-refractivity contribution in [2.75, 3.05) is 0 Å². The van der Waals surface area contributed by atoms with Crippen LogP contribution in [-0.4, -0.2) is 27.0 Å². The van der Waals surface area contributed by atoms with Crippen LogP contribution in [0.3, 0.4) is 0 Å². The predicted octanol–water partition coefficient (Wildman–Crippen LogP) is 6.52. The first-order valence-corrected chi connectivity index (χ1v) is 9.54. The van der Waals surface area contributed by atoms with Crippen LogP contribution in [0.2, 0.25) is 0 Å². The predicted molar refractivity (Wildman–Crippen MR) is 108 cm³/mol. The maximum absolute atomic E-state index is 14.6. The molecule has 0 aliphatic heterocycles. The van der Waals surface area contributed by atoms with Gasteiger partial charge in [-0.2, -0.15) is 22.0 Å². The fourth-order valence-electron chi connectivity index (χ4n) is 3.25. The van der Waals surface area contributed by atoms with E-state index < -0.39 is 46.4 Å². The van der Waals surface area contributed by atoms with Crippen LogP contribution in [0.25, 0.3) is 23.5 Å². The summed E-state index contributed by atoms with van der Waals surface area (Å²) >= 11 is 0. The van der Waals surface area contributed by atoms with Crippen LogP contribution in [0.4, 0.5) is 35.1 Å². The van der Waals surface area contributed by atoms with Gasteiger partial charge in [-0.15, -0.1) is 0 Å². The Kier molecular flexibility index (Phi) is 6.54. The number of aryl methyl sites for hydroxylation is 1. The van der Waals surface area contributed by atoms with E-state index >= 15 is 0 Å². The molecule has 0 fully saturated rings. The summed E-state index contributed by atoms with van der Waals surface area (Å²) in [6.07, 6.45) is -3.13. The van der Waals surface area contributed by atoms with Gasteiger partial charge in [0.1, 0.15) is 23.2 Å². The number of aromatic nitrogens is 2. The molecular weight excluding hydrogens is 474 g/mol. The van der Waals surface area contributed by atoms with Gasteiger partial charge in [0.15, 0.2) is 5.82 Å². The normalized spacial score (nSPS) is 12.5. The van der Waals surface area contributed by atoms with Crippen molar-refractivity contribution in [3.63, 3.8) is 0 Å². The molecule has 34 heavy (non-hydrogen) atoms. The monoisotopic (exact) mass is 489 g/mol. The summed E-state index contributed by atoms with van der Waals surface area (Å²) in [6.45, 7) is 1.61. The third kappa shape index (κ3) is 4.39. The molecular formula is C22H15F8N3O. The van der Waals surface area contributed by atoms with Gasteiger partial charge < -0.3 is 10.5 Å². The van der Waals surface area contributed by atoms with Crippen molar-refractivity contribution < 1.29 is 40.2 Å². The molecule has 0 atom stereocenters. The second kappa shape index (κ2) is 8.92. The Balaban J connectivity index is 2.19. The zero-order valence-electron chi connectivity index (χ0n) is 17.2. The van der Waals surface area contributed by atoms with E-state index in [9.17, 15) is 40.2 Å². The molecule has 0 bridgehead atoms. The van der Waals surface area contributed by atoms with Gasteiger partial charge in [-0.1, -0.05) is 13.0 Å². The van der Waals surface area contributed by atoms with Gasteiger partial charge in [0.25, 0.3) is 0 Å². The number of nitrogens with one attached hydrogen (secondary N) is 1. The molecule has 1 aromatic heterocycles. The molecule has 12 heteroatoms. The first-order chi connectivity index (χ1) is 15.8. The van der Waals surface area contributed by atoms with E-state index in [1.165, 1.54) is 0 Å². The van der Waals surface area contributed by atoms with Gasteiger partial charge in [0, 0.05) is 18.3 Å². The zero-order valence-corrected chi connectivity index (χ0v) is 17.2. The van der Waals surface area contributed by atoms with Crippen molar-refractivity contribution >= 4 is 18.5 Å². The largest absolute Gasteiger partial charge is 0.508 e. The Morgan fingerprint density at radius 1 is 1.00 bits per heavy atom. The lowest BCUT2D eigenvalue weighted by Crippen LogP contribution is -2.34. The van der Waals surface area contributed by atoms with Crippen LogP contribution >= 0.6 is 0 Å². The highest BCUT2D eigenvalue weighted by molar-refractivity contribution is 5.80. The highest BCUT2D eigenvalue weighted by Gasteiger charge is 2.59. The second-order valence-corrected chi connectivity index (χ2v) is 7.04. The molecule has 0 saturated heterocycles. The molecule has 180 valence electrons. The number of phenolic OH excluding ortho intramolecular Hbond substituents is 1. The quantitative estimate of drug-likeness (QED) is 0.306. The van der Waals surface area contributed by atoms with Crippen molar-refractivity contribution in [3.05, 3.63) is 70.4 Å². The van der Waals surface area contributed by atoms with Crippen molar-refractivity contribution in [2.45, 2.75) is 25.4 Å². The van der Waals surface area contributed by atoms with Crippen molar-refractivity contribution in [3.8, 4) is 17.0 Å². The van der Waals surface area contributed by atoms with Crippen LogP contribution in [0.5, 0.6) is 5.75 Å². The molecule has 0 aliphatic carbocycles. The summed E-state index contributed by atoms with van der Waals surface area (Å²) in [7, 11) is 0. The Labute approximate surface area is 187 Å². The van der Waals surface area contributed by atoms with E-state index in [-0.39, 0.29) is 29.2 Å². The topological polar surface area (TPSA) is 61.9 Å². The number of hydrogen-bond donors (Lipinski definition) is 2. The number of phenols is 1. The maximum Gasteiger partial charge on any atom is 0.458 e. The van der Waals surface area contributed by atoms with Crippen LogP contribution in [0.15, 0.2) is 30.3 Å². The number of benzene rings is 2. The molecule has 0 unspecified atom stereocenters. The highest BCUT2D eigenvalue weighted by atomic mass is 19.4. The fourth-order valence-corrected chi connectivity index (χ4v) is 3.25. The molecule has 0 saturated carbocycles. The van der Waals surface area contributed by atoms with Gasteiger partial charge in [0.05, 0.1) is 28.7 Å². The minimum Gasteiger partial charge on any atom is -0.508 e. The molecule has 1 heterocycles. The molecule has 3 rings (SSSR count). The summed E-state index contributed by atoms with van der Waals surface area (Å²) in [5.41, 5.74) is -2.83. The van der Waals surface area contributed by atoms with Gasteiger partial charge in [0.2, 0.25) is 0 Å². The zero-order chi connectivity index (χ0) is 25.4. The number of halogens is 8. The lowest BCUT2D eigenvalue weighted by molar-refractivity contribution is -0.290. The number of nitrogens with zero attached hydrogens (tertiary/aromatic N) is 2. The molecule has 3 aromatic rings. The van der Waals surface area contributed by atoms with Crippen LogP contribution in [0.1, 0.15) is 29.6 Å². The van der Waals surface area contributed by atoms with Crippen molar-refractivity contribution in [2.24, 2.45) is 0 Å². The van der Waals surface area contributed by atoms with Gasteiger partial charge in [-0.25, -0.2) is 18.2 Å². The summed E-state index contributed by atoms with van der Waals surface area (Å²) in [5, 5.41) is 16.9. The van der Waals surface area contributed by atoms with E-state index in [2.05, 4.69) is 4.98 Å². The third-order valence-corrected chi connectivity index (χ3v) is 4.84. The number of alkyl halides is 5. The average Bonchev–Trinajstić information content (AvgIpc) is 3.09. The molecule has 2 aromatic carbocycles. The molecule has 0 amide bonds. The van der Waals surface area contributed by atoms with Gasteiger partial charge in [-0.05, 0) is 30.2 Å². The molecule has 0 aliphatic rings. The number of imidazole rings is 1. The van der Waals surface area contributed by atoms with Gasteiger partial charge in [-0.3, -0.25) is 4.57 Å². The van der Waals surface area contributed by atoms with Crippen LogP contribution in [0, 0.1) is 22.9 Å². The van der Waals surface area contributed by atoms with E-state index in [4.69, 9.17) is 5.41 Å². The van der Waals surface area contributed by atoms with E-state index in [1.54, 1.807) is 6.92 Å². The summed E-state index contributed by atoms with van der Waals surface area (Å²) in [6, 6.07) is 2.94. The number of rotatable bonds is 6. The average molecular weight is 489 g/mol. The molecule has 0 radical (unpaired) electrons. The van der Waals surface area contributed by atoms with Gasteiger partial charge >= 0.3 is 12.1 Å². The maximum atomic E-state index is 14.6. The smallest absolute Gasteiger partial charge is 0.458 e. The first kappa shape index (κ1) is 24.9. The van der Waals surface area contributed by atoms with Crippen molar-refractivity contribution in [1.29, 1.82) is 5.41 Å². The van der Waals surface area contributed by atoms with E-state index in [1.807, 2.05) is 0 Å². The molecule has 2 N–H and O–H groups in total. The number of hydrogen-bond acceptors (Lipinski definition) is 3. The SMILES string of the molecule is CCc1nc(C=N)n(/C=C/c2ccc(F)c(C(F)(F)C(F)(F)F)c2)c1-c1c(F)cc(O)cc1F. The number of aromatic hydroxyl groups is 1. The summed E-state index contributed by atoms with van der Waals surface area (Å²) in [5.74, 6) is -10.4. The Hall–Kier alpha value is -3.70.